The van der Waals surface area contributed by atoms with Crippen LogP contribution in [0.25, 0.3) is 10.9 Å². The molecule has 0 spiro atoms. The van der Waals surface area contributed by atoms with Crippen molar-refractivity contribution in [3.63, 3.8) is 0 Å². The van der Waals surface area contributed by atoms with Crippen LogP contribution in [-0.4, -0.2) is 36.1 Å². The molecule has 1 N–H and O–H groups in total. The summed E-state index contributed by atoms with van der Waals surface area (Å²) in [5.41, 5.74) is 3.63. The zero-order valence-electron chi connectivity index (χ0n) is 21.0. The van der Waals surface area contributed by atoms with E-state index in [1.54, 1.807) is 12.1 Å². The molecule has 1 fully saturated rings. The maximum atomic E-state index is 13.4. The van der Waals surface area contributed by atoms with E-state index in [1.807, 2.05) is 23.7 Å². The molecular weight excluding hydrogens is 455 g/mol. The molecule has 2 aromatic carbocycles. The van der Waals surface area contributed by atoms with Crippen LogP contribution in [0.5, 0.6) is 0 Å². The van der Waals surface area contributed by atoms with Crippen molar-refractivity contribution in [3.8, 4) is 0 Å². The zero-order chi connectivity index (χ0) is 25.1. The van der Waals surface area contributed by atoms with Crippen LogP contribution in [0.3, 0.4) is 0 Å². The minimum Gasteiger partial charge on any atom is -0.322 e. The second-order valence-electron chi connectivity index (χ2n) is 9.92. The molecule has 0 aliphatic heterocycles. The van der Waals surface area contributed by atoms with Crippen molar-refractivity contribution in [2.45, 2.75) is 77.5 Å². The molecule has 2 aromatic heterocycles. The first-order valence-corrected chi connectivity index (χ1v) is 12.9. The monoisotopic (exact) mass is 488 g/mol. The topological polar surface area (TPSA) is 79.7 Å². The van der Waals surface area contributed by atoms with E-state index in [-0.39, 0.29) is 17.4 Å². The first kappa shape index (κ1) is 24.3. The lowest BCUT2D eigenvalue weighted by molar-refractivity contribution is 0.0844. The fourth-order valence-electron chi connectivity index (χ4n) is 5.47. The van der Waals surface area contributed by atoms with E-state index >= 15 is 0 Å². The molecule has 8 heteroatoms. The van der Waals surface area contributed by atoms with Crippen molar-refractivity contribution in [3.05, 3.63) is 87.2 Å². The molecule has 0 bridgehead atoms. The molecule has 2 heterocycles. The Morgan fingerprint density at radius 1 is 1.11 bits per heavy atom. The van der Waals surface area contributed by atoms with Crippen LogP contribution < -0.4 is 5.56 Å². The summed E-state index contributed by atoms with van der Waals surface area (Å²) in [6, 6.07) is 14.9. The summed E-state index contributed by atoms with van der Waals surface area (Å²) in [6.45, 7) is 5.17. The lowest BCUT2D eigenvalue weighted by Crippen LogP contribution is -2.41. The van der Waals surface area contributed by atoms with E-state index in [0.29, 0.717) is 19.1 Å². The number of fused-ring (bicyclic) bond motifs is 1. The molecule has 0 radical (unpaired) electrons. The van der Waals surface area contributed by atoms with Gasteiger partial charge in [0.25, 0.3) is 5.56 Å². The number of rotatable bonds is 8. The van der Waals surface area contributed by atoms with Gasteiger partial charge in [0.15, 0.2) is 5.82 Å². The highest BCUT2D eigenvalue weighted by Crippen LogP contribution is 2.33. The summed E-state index contributed by atoms with van der Waals surface area (Å²) in [5.74, 6) is 0.515. The summed E-state index contributed by atoms with van der Waals surface area (Å²) < 4.78 is 15.2. The van der Waals surface area contributed by atoms with Gasteiger partial charge in [-0.15, -0.1) is 5.10 Å². The number of nitrogens with zero attached hydrogens (tertiary/aromatic N) is 5. The van der Waals surface area contributed by atoms with Gasteiger partial charge in [0.2, 0.25) is 0 Å². The standard InChI is InChI=1S/C28H33FN6O/c1-3-26(27-31-32-33-35(27)17-20-10-13-23(29)14-11-20)34(24-7-5-4-6-8-24)18-22-16-21-12-9-19(2)15-25(21)30-28(22)36/h9-16,24,26H,3-8,17-18H2,1-2H3,(H,30,36). The van der Waals surface area contributed by atoms with E-state index in [4.69, 9.17) is 0 Å². The fraction of sp³-hybridized carbons (Fsp3) is 0.429. The van der Waals surface area contributed by atoms with Crippen LogP contribution in [0.15, 0.2) is 53.3 Å². The number of hydrogen-bond donors (Lipinski definition) is 1. The zero-order valence-corrected chi connectivity index (χ0v) is 21.0. The molecule has 5 rings (SSSR count). The summed E-state index contributed by atoms with van der Waals surface area (Å²) >= 11 is 0. The van der Waals surface area contributed by atoms with Gasteiger partial charge >= 0.3 is 0 Å². The highest BCUT2D eigenvalue weighted by Gasteiger charge is 2.32. The van der Waals surface area contributed by atoms with Crippen molar-refractivity contribution >= 4 is 10.9 Å². The highest BCUT2D eigenvalue weighted by atomic mass is 19.1. The molecule has 7 nitrogen and oxygen atoms in total. The molecule has 1 saturated carbocycles. The minimum absolute atomic E-state index is 0.0448. The third kappa shape index (κ3) is 5.23. The Labute approximate surface area is 210 Å². The number of benzene rings is 2. The molecule has 1 unspecified atom stereocenters. The van der Waals surface area contributed by atoms with Gasteiger partial charge in [-0.1, -0.05) is 50.5 Å². The summed E-state index contributed by atoms with van der Waals surface area (Å²) in [4.78, 5) is 18.7. The molecule has 4 aromatic rings. The van der Waals surface area contributed by atoms with Gasteiger partial charge in [0.05, 0.1) is 12.6 Å². The first-order chi connectivity index (χ1) is 17.5. The lowest BCUT2D eigenvalue weighted by Gasteiger charge is -2.39. The number of aromatic amines is 1. The average molecular weight is 489 g/mol. The molecule has 36 heavy (non-hydrogen) atoms. The van der Waals surface area contributed by atoms with Crippen LogP contribution in [0.2, 0.25) is 0 Å². The Morgan fingerprint density at radius 2 is 1.89 bits per heavy atom. The number of H-pyrrole nitrogens is 1. The number of halogens is 1. The SMILES string of the molecule is CCC(c1nnnn1Cc1ccc(F)cc1)N(Cc1cc2ccc(C)cc2[nH]c1=O)C1CCCCC1. The Morgan fingerprint density at radius 3 is 2.64 bits per heavy atom. The number of pyridine rings is 1. The molecule has 1 atom stereocenters. The highest BCUT2D eigenvalue weighted by molar-refractivity contribution is 5.79. The molecule has 1 aliphatic carbocycles. The number of aryl methyl sites for hydroxylation is 1. The molecule has 1 aliphatic rings. The van der Waals surface area contributed by atoms with E-state index < -0.39 is 0 Å². The van der Waals surface area contributed by atoms with Crippen molar-refractivity contribution in [1.29, 1.82) is 0 Å². The van der Waals surface area contributed by atoms with E-state index in [9.17, 15) is 9.18 Å². The fourth-order valence-corrected chi connectivity index (χ4v) is 5.47. The third-order valence-corrected chi connectivity index (χ3v) is 7.37. The van der Waals surface area contributed by atoms with Crippen LogP contribution in [-0.2, 0) is 13.1 Å². The quantitative estimate of drug-likeness (QED) is 0.364. The van der Waals surface area contributed by atoms with E-state index in [1.165, 1.54) is 31.4 Å². The Kier molecular flexibility index (Phi) is 7.23. The van der Waals surface area contributed by atoms with Crippen LogP contribution in [0.1, 0.15) is 74.0 Å². The van der Waals surface area contributed by atoms with Crippen molar-refractivity contribution < 1.29 is 4.39 Å². The minimum atomic E-state index is -0.263. The van der Waals surface area contributed by atoms with E-state index in [2.05, 4.69) is 44.5 Å². The number of nitrogens with one attached hydrogen (secondary N) is 1. The number of hydrogen-bond acceptors (Lipinski definition) is 5. The van der Waals surface area contributed by atoms with Gasteiger partial charge in [0, 0.05) is 23.7 Å². The van der Waals surface area contributed by atoms with Crippen molar-refractivity contribution in [2.24, 2.45) is 0 Å². The van der Waals surface area contributed by atoms with Gasteiger partial charge in [0.1, 0.15) is 5.82 Å². The maximum Gasteiger partial charge on any atom is 0.252 e. The third-order valence-electron chi connectivity index (χ3n) is 7.37. The normalized spacial score (nSPS) is 15.6. The van der Waals surface area contributed by atoms with Crippen LogP contribution >= 0.6 is 0 Å². The summed E-state index contributed by atoms with van der Waals surface area (Å²) in [6.07, 6.45) is 6.63. The maximum absolute atomic E-state index is 13.4. The largest absolute Gasteiger partial charge is 0.322 e. The average Bonchev–Trinajstić information content (AvgIpc) is 3.34. The Balaban J connectivity index is 1.49. The Hall–Kier alpha value is -3.39. The Bertz CT molecular complexity index is 1370. The van der Waals surface area contributed by atoms with Crippen molar-refractivity contribution in [2.75, 3.05) is 0 Å². The summed E-state index contributed by atoms with van der Waals surface area (Å²) in [7, 11) is 0. The predicted octanol–water partition coefficient (Wildman–Crippen LogP) is 5.30. The van der Waals surface area contributed by atoms with Crippen LogP contribution in [0, 0.1) is 12.7 Å². The van der Waals surface area contributed by atoms with Gasteiger partial charge in [-0.2, -0.15) is 0 Å². The predicted molar refractivity (Wildman–Crippen MR) is 138 cm³/mol. The number of tetrazole rings is 1. The van der Waals surface area contributed by atoms with Gasteiger partial charge in [-0.3, -0.25) is 9.69 Å². The van der Waals surface area contributed by atoms with Gasteiger partial charge in [-0.05, 0) is 77.4 Å². The summed E-state index contributed by atoms with van der Waals surface area (Å²) in [5, 5.41) is 13.7. The molecule has 0 saturated heterocycles. The van der Waals surface area contributed by atoms with Gasteiger partial charge in [-0.25, -0.2) is 9.07 Å². The second-order valence-corrected chi connectivity index (χ2v) is 9.92. The second kappa shape index (κ2) is 10.7. The smallest absolute Gasteiger partial charge is 0.252 e. The van der Waals surface area contributed by atoms with E-state index in [0.717, 1.165) is 52.7 Å². The lowest BCUT2D eigenvalue weighted by atomic mass is 9.92. The van der Waals surface area contributed by atoms with Crippen molar-refractivity contribution in [1.82, 2.24) is 30.1 Å². The number of aromatic nitrogens is 5. The van der Waals surface area contributed by atoms with Crippen LogP contribution in [0.4, 0.5) is 4.39 Å². The first-order valence-electron chi connectivity index (χ1n) is 12.9. The molecule has 0 amide bonds. The van der Waals surface area contributed by atoms with Gasteiger partial charge < -0.3 is 4.98 Å². The molecular formula is C28H33FN6O. The molecule has 188 valence electrons.